The fraction of sp³-hybridized carbons (Fsp3) is 0.300. The minimum Gasteiger partial charge on any atom is -0.340 e. The molecule has 4 rings (SSSR count). The third kappa shape index (κ3) is 4.58. The fourth-order valence-corrected chi connectivity index (χ4v) is 4.42. The van der Waals surface area contributed by atoms with E-state index in [1.807, 2.05) is 74.5 Å². The molecule has 0 aliphatic rings. The van der Waals surface area contributed by atoms with Gasteiger partial charge in [0.15, 0.2) is 5.78 Å². The van der Waals surface area contributed by atoms with Crippen molar-refractivity contribution in [2.75, 3.05) is 0 Å². The van der Waals surface area contributed by atoms with Gasteiger partial charge in [-0.05, 0) is 48.2 Å². The highest BCUT2D eigenvalue weighted by atomic mass is 16.2. The van der Waals surface area contributed by atoms with Crippen molar-refractivity contribution in [1.29, 1.82) is 0 Å². The van der Waals surface area contributed by atoms with Crippen LogP contribution in [0.4, 0.5) is 0 Å². The summed E-state index contributed by atoms with van der Waals surface area (Å²) in [4.78, 5) is 38.6. The first-order valence-corrected chi connectivity index (χ1v) is 12.0. The minimum absolute atomic E-state index is 0.0387. The first kappa shape index (κ1) is 23.6. The van der Waals surface area contributed by atoms with Crippen LogP contribution >= 0.6 is 0 Å². The number of benzene rings is 3. The molecule has 0 saturated heterocycles. The number of ketones is 3. The summed E-state index contributed by atoms with van der Waals surface area (Å²) in [6.45, 7) is 9.14. The zero-order chi connectivity index (χ0) is 24.4. The van der Waals surface area contributed by atoms with Gasteiger partial charge < -0.3 is 4.57 Å². The van der Waals surface area contributed by atoms with Crippen LogP contribution in [-0.2, 0) is 11.3 Å². The number of fused-ring (bicyclic) bond motifs is 3. The monoisotopic (exact) mass is 453 g/mol. The van der Waals surface area contributed by atoms with Gasteiger partial charge in [-0.1, -0.05) is 64.4 Å². The Morgan fingerprint density at radius 2 is 1.35 bits per heavy atom. The van der Waals surface area contributed by atoms with Crippen LogP contribution < -0.4 is 0 Å². The number of carbonyl (C=O) groups excluding carboxylic acids is 3. The number of carbonyl (C=O) groups is 3. The van der Waals surface area contributed by atoms with Crippen LogP contribution in [0.2, 0.25) is 0 Å². The average Bonchev–Trinajstić information content (AvgIpc) is 3.15. The summed E-state index contributed by atoms with van der Waals surface area (Å²) in [5.74, 6) is -0.228. The highest BCUT2D eigenvalue weighted by molar-refractivity contribution is 6.44. The van der Waals surface area contributed by atoms with Crippen molar-refractivity contribution in [2.24, 2.45) is 11.8 Å². The second-order valence-corrected chi connectivity index (χ2v) is 9.63. The van der Waals surface area contributed by atoms with Crippen molar-refractivity contribution in [3.05, 3.63) is 83.4 Å². The SMILES string of the molecule is CCC(C)CC(=O)C(=O)c1ccc2c(c1)c1cc(C(=O)c3ccccc3)ccc1n2CC(C)C. The number of rotatable bonds is 9. The molecule has 1 atom stereocenters. The number of aromatic nitrogens is 1. The molecule has 0 bridgehead atoms. The second-order valence-electron chi connectivity index (χ2n) is 9.63. The summed E-state index contributed by atoms with van der Waals surface area (Å²) in [5, 5.41) is 1.81. The molecular weight excluding hydrogens is 422 g/mol. The number of nitrogens with zero attached hydrogens (tertiary/aromatic N) is 1. The fourth-order valence-electron chi connectivity index (χ4n) is 4.42. The molecule has 3 aromatic carbocycles. The lowest BCUT2D eigenvalue weighted by Gasteiger charge is -2.11. The van der Waals surface area contributed by atoms with E-state index in [-0.39, 0.29) is 23.9 Å². The molecule has 174 valence electrons. The molecule has 0 fully saturated rings. The van der Waals surface area contributed by atoms with Gasteiger partial charge in [0.25, 0.3) is 0 Å². The third-order valence-corrected chi connectivity index (χ3v) is 6.46. The lowest BCUT2D eigenvalue weighted by molar-refractivity contribution is -0.115. The minimum atomic E-state index is -0.441. The van der Waals surface area contributed by atoms with Gasteiger partial charge in [-0.3, -0.25) is 14.4 Å². The molecule has 0 aliphatic heterocycles. The topological polar surface area (TPSA) is 56.1 Å². The molecule has 4 heteroatoms. The molecule has 1 unspecified atom stereocenters. The van der Waals surface area contributed by atoms with Gasteiger partial charge in [0.05, 0.1) is 0 Å². The summed E-state index contributed by atoms with van der Waals surface area (Å²) < 4.78 is 2.24. The molecule has 1 heterocycles. The first-order chi connectivity index (χ1) is 16.3. The molecule has 0 radical (unpaired) electrons. The Bertz CT molecular complexity index is 1380. The van der Waals surface area contributed by atoms with Gasteiger partial charge in [-0.25, -0.2) is 0 Å². The molecule has 34 heavy (non-hydrogen) atoms. The molecule has 1 aromatic heterocycles. The molecule has 0 aliphatic carbocycles. The van der Waals surface area contributed by atoms with E-state index >= 15 is 0 Å². The molecule has 0 amide bonds. The maximum atomic E-state index is 13.1. The van der Waals surface area contributed by atoms with Crippen LogP contribution in [0.25, 0.3) is 21.8 Å². The van der Waals surface area contributed by atoms with Crippen LogP contribution in [0.3, 0.4) is 0 Å². The van der Waals surface area contributed by atoms with Crippen LogP contribution in [0, 0.1) is 11.8 Å². The van der Waals surface area contributed by atoms with Gasteiger partial charge in [0, 0.05) is 51.5 Å². The zero-order valence-electron chi connectivity index (χ0n) is 20.3. The van der Waals surface area contributed by atoms with Crippen LogP contribution in [-0.4, -0.2) is 21.9 Å². The van der Waals surface area contributed by atoms with Crippen molar-refractivity contribution < 1.29 is 14.4 Å². The van der Waals surface area contributed by atoms with E-state index in [1.165, 1.54) is 0 Å². The summed E-state index contributed by atoms with van der Waals surface area (Å²) in [6, 6.07) is 20.5. The normalized spacial score (nSPS) is 12.4. The summed E-state index contributed by atoms with van der Waals surface area (Å²) in [5.41, 5.74) is 3.66. The second kappa shape index (κ2) is 9.76. The Kier molecular flexibility index (Phi) is 6.78. The third-order valence-electron chi connectivity index (χ3n) is 6.46. The molecular formula is C30H31NO3. The van der Waals surface area contributed by atoms with E-state index in [4.69, 9.17) is 0 Å². The van der Waals surface area contributed by atoms with E-state index < -0.39 is 5.78 Å². The van der Waals surface area contributed by atoms with Crippen molar-refractivity contribution in [2.45, 2.75) is 47.1 Å². The van der Waals surface area contributed by atoms with E-state index in [9.17, 15) is 14.4 Å². The Morgan fingerprint density at radius 3 is 1.94 bits per heavy atom. The van der Waals surface area contributed by atoms with E-state index in [0.717, 1.165) is 34.8 Å². The molecule has 0 N–H and O–H groups in total. The molecule has 0 saturated carbocycles. The van der Waals surface area contributed by atoms with Gasteiger partial charge in [-0.15, -0.1) is 0 Å². The quantitative estimate of drug-likeness (QED) is 0.205. The lowest BCUT2D eigenvalue weighted by atomic mass is 9.96. The smallest absolute Gasteiger partial charge is 0.228 e. The van der Waals surface area contributed by atoms with Crippen molar-refractivity contribution >= 4 is 39.2 Å². The Labute approximate surface area is 200 Å². The summed E-state index contributed by atoms with van der Waals surface area (Å²) in [7, 11) is 0. The Hall–Kier alpha value is -3.53. The van der Waals surface area contributed by atoms with E-state index in [2.05, 4.69) is 18.4 Å². The van der Waals surface area contributed by atoms with Gasteiger partial charge in [0.1, 0.15) is 0 Å². The number of Topliss-reactive ketones (excluding diaryl/α,β-unsaturated/α-hetero) is 2. The van der Waals surface area contributed by atoms with Crippen LogP contribution in [0.15, 0.2) is 66.7 Å². The van der Waals surface area contributed by atoms with E-state index in [0.29, 0.717) is 22.6 Å². The van der Waals surface area contributed by atoms with Gasteiger partial charge in [0.2, 0.25) is 11.6 Å². The van der Waals surface area contributed by atoms with Gasteiger partial charge in [-0.2, -0.15) is 0 Å². The van der Waals surface area contributed by atoms with E-state index in [1.54, 1.807) is 6.07 Å². The molecule has 0 spiro atoms. The zero-order valence-corrected chi connectivity index (χ0v) is 20.3. The lowest BCUT2D eigenvalue weighted by Crippen LogP contribution is -2.16. The maximum absolute atomic E-state index is 13.1. The maximum Gasteiger partial charge on any atom is 0.228 e. The predicted octanol–water partition coefficient (Wildman–Crippen LogP) is 6.87. The van der Waals surface area contributed by atoms with Crippen molar-refractivity contribution in [3.8, 4) is 0 Å². The van der Waals surface area contributed by atoms with Crippen LogP contribution in [0.1, 0.15) is 66.8 Å². The Balaban J connectivity index is 1.85. The summed E-state index contributed by atoms with van der Waals surface area (Å²) in [6.07, 6.45) is 1.12. The Morgan fingerprint density at radius 1 is 0.765 bits per heavy atom. The van der Waals surface area contributed by atoms with Crippen molar-refractivity contribution in [3.63, 3.8) is 0 Å². The highest BCUT2D eigenvalue weighted by Crippen LogP contribution is 2.32. The van der Waals surface area contributed by atoms with Crippen molar-refractivity contribution in [1.82, 2.24) is 4.57 Å². The average molecular weight is 454 g/mol. The number of hydrogen-bond donors (Lipinski definition) is 0. The van der Waals surface area contributed by atoms with Gasteiger partial charge >= 0.3 is 0 Å². The van der Waals surface area contributed by atoms with Crippen LogP contribution in [0.5, 0.6) is 0 Å². The first-order valence-electron chi connectivity index (χ1n) is 12.0. The highest BCUT2D eigenvalue weighted by Gasteiger charge is 2.21. The molecule has 4 aromatic rings. The standard InChI is InChI=1S/C30H31NO3/c1-5-20(4)15-28(32)30(34)23-12-14-27-25(17-23)24-16-22(29(33)21-9-7-6-8-10-21)11-13-26(24)31(27)18-19(2)3/h6-14,16-17,19-20H,5,15,18H2,1-4H3. The summed E-state index contributed by atoms with van der Waals surface area (Å²) >= 11 is 0. The number of hydrogen-bond acceptors (Lipinski definition) is 3. The largest absolute Gasteiger partial charge is 0.340 e. The predicted molar refractivity (Wildman–Crippen MR) is 138 cm³/mol. The molecule has 4 nitrogen and oxygen atoms in total.